The molecule has 0 bridgehead atoms. The molecule has 2 rings (SSSR count). The molecule has 0 radical (unpaired) electrons. The lowest BCUT2D eigenvalue weighted by Gasteiger charge is -2.30. The van der Waals surface area contributed by atoms with Crippen LogP contribution in [0.25, 0.3) is 0 Å². The van der Waals surface area contributed by atoms with Crippen LogP contribution < -0.4 is 5.32 Å². The molecule has 0 spiro atoms. The van der Waals surface area contributed by atoms with Gasteiger partial charge in [0.05, 0.1) is 6.07 Å². The van der Waals surface area contributed by atoms with E-state index in [1.54, 1.807) is 0 Å². The minimum Gasteiger partial charge on any atom is -0.381 e. The smallest absolute Gasteiger partial charge is 0.141 e. The van der Waals surface area contributed by atoms with E-state index in [-0.39, 0.29) is 0 Å². The molecule has 3 nitrogen and oxygen atoms in total. The number of nitrogens with zero attached hydrogens (tertiary/aromatic N) is 1. The molecule has 1 aromatic rings. The van der Waals surface area contributed by atoms with Crippen LogP contribution in [0.1, 0.15) is 25.3 Å². The van der Waals surface area contributed by atoms with E-state index in [0.29, 0.717) is 5.25 Å². The zero-order valence-electron chi connectivity index (χ0n) is 12.0. The summed E-state index contributed by atoms with van der Waals surface area (Å²) in [6, 6.07) is 12.6. The monoisotopic (exact) mass is 290 g/mol. The number of rotatable bonds is 6. The fourth-order valence-corrected chi connectivity index (χ4v) is 3.83. The summed E-state index contributed by atoms with van der Waals surface area (Å²) in [7, 11) is 0. The number of ether oxygens (including phenoxy) is 1. The first kappa shape index (κ1) is 15.4. The lowest BCUT2D eigenvalue weighted by molar-refractivity contribution is 0.1000. The average molecular weight is 290 g/mol. The van der Waals surface area contributed by atoms with E-state index in [2.05, 4.69) is 11.4 Å². The zero-order chi connectivity index (χ0) is 14.3. The molecule has 1 aliphatic heterocycles. The van der Waals surface area contributed by atoms with Crippen molar-refractivity contribution in [3.63, 3.8) is 0 Å². The van der Waals surface area contributed by atoms with Gasteiger partial charge in [0.25, 0.3) is 0 Å². The Bertz CT molecular complexity index is 440. The van der Waals surface area contributed by atoms with Crippen LogP contribution in [0, 0.1) is 11.3 Å². The van der Waals surface area contributed by atoms with Crippen molar-refractivity contribution in [2.24, 2.45) is 0 Å². The number of nitriles is 1. The summed E-state index contributed by atoms with van der Waals surface area (Å²) in [5.41, 5.74) is 0.475. The first-order chi connectivity index (χ1) is 9.80. The number of thioether (sulfide) groups is 1. The minimum atomic E-state index is -0.584. The fraction of sp³-hybridized carbons (Fsp3) is 0.562. The molecule has 1 heterocycles. The maximum atomic E-state index is 9.74. The van der Waals surface area contributed by atoms with Gasteiger partial charge in [-0.05, 0) is 24.9 Å². The van der Waals surface area contributed by atoms with Crippen molar-refractivity contribution in [1.29, 1.82) is 5.26 Å². The zero-order valence-corrected chi connectivity index (χ0v) is 12.8. The van der Waals surface area contributed by atoms with E-state index in [1.165, 1.54) is 0 Å². The summed E-state index contributed by atoms with van der Waals surface area (Å²) in [6.45, 7) is 4.54. The maximum Gasteiger partial charge on any atom is 0.141 e. The van der Waals surface area contributed by atoms with E-state index in [4.69, 9.17) is 4.74 Å². The molecule has 1 fully saturated rings. The van der Waals surface area contributed by atoms with Gasteiger partial charge in [0, 0.05) is 24.2 Å². The van der Waals surface area contributed by atoms with E-state index < -0.39 is 5.54 Å². The molecule has 1 unspecified atom stereocenters. The molecular formula is C16H22N2OS. The highest BCUT2D eigenvalue weighted by atomic mass is 32.2. The maximum absolute atomic E-state index is 9.74. The highest BCUT2D eigenvalue weighted by molar-refractivity contribution is 7.99. The molecule has 0 amide bonds. The third kappa shape index (κ3) is 3.76. The molecule has 108 valence electrons. The van der Waals surface area contributed by atoms with Crippen molar-refractivity contribution in [2.75, 3.05) is 25.5 Å². The van der Waals surface area contributed by atoms with Crippen molar-refractivity contribution >= 4 is 11.8 Å². The van der Waals surface area contributed by atoms with Crippen molar-refractivity contribution in [3.8, 4) is 6.07 Å². The molecular weight excluding hydrogens is 268 g/mol. The number of hydrogen-bond acceptors (Lipinski definition) is 4. The molecule has 20 heavy (non-hydrogen) atoms. The van der Waals surface area contributed by atoms with E-state index in [1.807, 2.05) is 49.0 Å². The van der Waals surface area contributed by atoms with Crippen LogP contribution in [0.3, 0.4) is 0 Å². The van der Waals surface area contributed by atoms with Crippen LogP contribution in [0.15, 0.2) is 30.3 Å². The Balaban J connectivity index is 2.08. The lowest BCUT2D eigenvalue weighted by atomic mass is 9.93. The first-order valence-corrected chi connectivity index (χ1v) is 8.27. The fourth-order valence-electron chi connectivity index (χ4n) is 2.48. The Morgan fingerprint density at radius 2 is 2.05 bits per heavy atom. The summed E-state index contributed by atoms with van der Waals surface area (Å²) in [5, 5.41) is 13.7. The largest absolute Gasteiger partial charge is 0.381 e. The molecule has 1 aromatic carbocycles. The molecule has 0 aromatic heterocycles. The number of nitrogens with one attached hydrogen (secondary N) is 1. The molecule has 1 saturated heterocycles. The Morgan fingerprint density at radius 1 is 1.35 bits per heavy atom. The van der Waals surface area contributed by atoms with Gasteiger partial charge in [0.2, 0.25) is 0 Å². The molecule has 0 aliphatic carbocycles. The second kappa shape index (κ2) is 7.68. The lowest BCUT2D eigenvalue weighted by Crippen LogP contribution is -2.44. The van der Waals surface area contributed by atoms with Crippen LogP contribution in [-0.2, 0) is 10.3 Å². The van der Waals surface area contributed by atoms with Crippen molar-refractivity contribution in [1.82, 2.24) is 5.32 Å². The second-order valence-electron chi connectivity index (χ2n) is 5.04. The van der Waals surface area contributed by atoms with Gasteiger partial charge < -0.3 is 4.74 Å². The molecule has 1 aliphatic rings. The summed E-state index contributed by atoms with van der Waals surface area (Å²) in [6.07, 6.45) is 2.18. The van der Waals surface area contributed by atoms with E-state index in [0.717, 1.165) is 43.9 Å². The molecule has 1 atom stereocenters. The average Bonchev–Trinajstić information content (AvgIpc) is 2.53. The third-order valence-corrected chi connectivity index (χ3v) is 5.18. The minimum absolute atomic E-state index is 0.584. The van der Waals surface area contributed by atoms with Gasteiger partial charge in [-0.2, -0.15) is 17.0 Å². The standard InChI is InChI=1S/C16H22N2OS/c1-2-18-16(12-17,14-6-4-3-5-7-14)13-20-15-8-10-19-11-9-15/h3-7,15,18H,2,8-11,13H2,1H3. The summed E-state index contributed by atoms with van der Waals surface area (Å²) < 4.78 is 5.40. The predicted molar refractivity (Wildman–Crippen MR) is 83.7 cm³/mol. The highest BCUT2D eigenvalue weighted by Gasteiger charge is 2.32. The van der Waals surface area contributed by atoms with Crippen LogP contribution in [0.5, 0.6) is 0 Å². The van der Waals surface area contributed by atoms with Crippen molar-refractivity contribution in [3.05, 3.63) is 35.9 Å². The quantitative estimate of drug-likeness (QED) is 0.875. The second-order valence-corrected chi connectivity index (χ2v) is 6.32. The molecule has 1 N–H and O–H groups in total. The highest BCUT2D eigenvalue weighted by Crippen LogP contribution is 2.30. The molecule has 4 heteroatoms. The van der Waals surface area contributed by atoms with Crippen LogP contribution >= 0.6 is 11.8 Å². The first-order valence-electron chi connectivity index (χ1n) is 7.22. The van der Waals surface area contributed by atoms with Crippen molar-refractivity contribution in [2.45, 2.75) is 30.6 Å². The van der Waals surface area contributed by atoms with E-state index in [9.17, 15) is 5.26 Å². The van der Waals surface area contributed by atoms with Crippen LogP contribution in [0.2, 0.25) is 0 Å². The molecule has 0 saturated carbocycles. The Hall–Kier alpha value is -1.02. The summed E-state index contributed by atoms with van der Waals surface area (Å²) in [4.78, 5) is 0. The van der Waals surface area contributed by atoms with E-state index >= 15 is 0 Å². The van der Waals surface area contributed by atoms with Gasteiger partial charge in [-0.3, -0.25) is 5.32 Å². The third-order valence-electron chi connectivity index (χ3n) is 3.64. The Labute approximate surface area is 125 Å². The summed E-state index contributed by atoms with van der Waals surface area (Å²) in [5.74, 6) is 0.784. The topological polar surface area (TPSA) is 45.0 Å². The van der Waals surface area contributed by atoms with Crippen LogP contribution in [-0.4, -0.2) is 30.8 Å². The Morgan fingerprint density at radius 3 is 2.65 bits per heavy atom. The van der Waals surface area contributed by atoms with Crippen molar-refractivity contribution < 1.29 is 4.74 Å². The van der Waals surface area contributed by atoms with Gasteiger partial charge in [-0.1, -0.05) is 37.3 Å². The van der Waals surface area contributed by atoms with Crippen LogP contribution in [0.4, 0.5) is 0 Å². The summed E-state index contributed by atoms with van der Waals surface area (Å²) >= 11 is 1.90. The van der Waals surface area contributed by atoms with Gasteiger partial charge >= 0.3 is 0 Å². The van der Waals surface area contributed by atoms with Gasteiger partial charge in [0.1, 0.15) is 5.54 Å². The number of hydrogen-bond donors (Lipinski definition) is 1. The predicted octanol–water partition coefficient (Wildman–Crippen LogP) is 2.93. The van der Waals surface area contributed by atoms with Gasteiger partial charge in [-0.25, -0.2) is 0 Å². The van der Waals surface area contributed by atoms with Gasteiger partial charge in [-0.15, -0.1) is 0 Å². The van der Waals surface area contributed by atoms with Gasteiger partial charge in [0.15, 0.2) is 0 Å². The normalized spacial score (nSPS) is 19.2. The Kier molecular flexibility index (Phi) is 5.90. The number of benzene rings is 1. The SMILES string of the molecule is CCNC(C#N)(CSC1CCOCC1)c1ccccc1.